The number of nitrogens with two attached hydrogens (primary N) is 1. The lowest BCUT2D eigenvalue weighted by atomic mass is 9.91. The van der Waals surface area contributed by atoms with Gasteiger partial charge in [0.15, 0.2) is 11.6 Å². The van der Waals surface area contributed by atoms with E-state index in [0.717, 1.165) is 23.2 Å². The number of benzene rings is 2. The molecule has 0 radical (unpaired) electrons. The van der Waals surface area contributed by atoms with Crippen molar-refractivity contribution in [2.24, 2.45) is 5.73 Å². The standard InChI is InChI=1S/C16H16F2N2/c17-14-8-11-6-7-16(10-19,13(11)9-15(14)18)20-12-4-2-1-3-5-12/h1-5,8-9,20H,6-7,10,19H2. The number of fused-ring (bicyclic) bond motifs is 1. The maximum absolute atomic E-state index is 13.5. The second-order valence-electron chi connectivity index (χ2n) is 5.20. The van der Waals surface area contributed by atoms with E-state index in [0.29, 0.717) is 13.0 Å². The molecule has 1 aliphatic carbocycles. The molecule has 3 rings (SSSR count). The third-order valence-electron chi connectivity index (χ3n) is 3.99. The van der Waals surface area contributed by atoms with E-state index in [9.17, 15) is 8.78 Å². The van der Waals surface area contributed by atoms with Crippen LogP contribution in [0, 0.1) is 11.6 Å². The Hall–Kier alpha value is -1.94. The molecule has 1 atom stereocenters. The van der Waals surface area contributed by atoms with Crippen LogP contribution in [0.1, 0.15) is 17.5 Å². The van der Waals surface area contributed by atoms with Crippen LogP contribution in [0.25, 0.3) is 0 Å². The van der Waals surface area contributed by atoms with Gasteiger partial charge in [-0.25, -0.2) is 8.78 Å². The number of aryl methyl sites for hydroxylation is 1. The maximum Gasteiger partial charge on any atom is 0.159 e. The Labute approximate surface area is 116 Å². The van der Waals surface area contributed by atoms with Crippen molar-refractivity contribution in [3.05, 3.63) is 65.2 Å². The molecule has 0 spiro atoms. The molecule has 0 amide bonds. The van der Waals surface area contributed by atoms with Crippen molar-refractivity contribution in [2.75, 3.05) is 11.9 Å². The van der Waals surface area contributed by atoms with Crippen LogP contribution < -0.4 is 11.1 Å². The van der Waals surface area contributed by atoms with Gasteiger partial charge in [-0.3, -0.25) is 0 Å². The quantitative estimate of drug-likeness (QED) is 0.902. The average molecular weight is 274 g/mol. The van der Waals surface area contributed by atoms with Gasteiger partial charge >= 0.3 is 0 Å². The number of rotatable bonds is 3. The minimum absolute atomic E-state index is 0.333. The van der Waals surface area contributed by atoms with Crippen LogP contribution in [0.4, 0.5) is 14.5 Å². The predicted molar refractivity (Wildman–Crippen MR) is 75.5 cm³/mol. The van der Waals surface area contributed by atoms with Gasteiger partial charge in [0.1, 0.15) is 0 Å². The molecule has 20 heavy (non-hydrogen) atoms. The molecule has 2 nitrogen and oxygen atoms in total. The van der Waals surface area contributed by atoms with E-state index in [1.54, 1.807) is 0 Å². The van der Waals surface area contributed by atoms with Crippen LogP contribution in [0.3, 0.4) is 0 Å². The summed E-state index contributed by atoms with van der Waals surface area (Å²) in [4.78, 5) is 0. The number of para-hydroxylation sites is 1. The molecule has 0 aromatic heterocycles. The van der Waals surface area contributed by atoms with E-state index in [-0.39, 0.29) is 0 Å². The van der Waals surface area contributed by atoms with Crippen molar-refractivity contribution in [1.82, 2.24) is 0 Å². The van der Waals surface area contributed by atoms with Crippen molar-refractivity contribution in [2.45, 2.75) is 18.4 Å². The van der Waals surface area contributed by atoms with Gasteiger partial charge < -0.3 is 11.1 Å². The highest BCUT2D eigenvalue weighted by atomic mass is 19.2. The Morgan fingerprint density at radius 2 is 1.80 bits per heavy atom. The first kappa shape index (κ1) is 13.1. The highest BCUT2D eigenvalue weighted by Gasteiger charge is 2.38. The molecule has 0 saturated heterocycles. The zero-order valence-electron chi connectivity index (χ0n) is 11.0. The fraction of sp³-hybridized carbons (Fsp3) is 0.250. The van der Waals surface area contributed by atoms with Gasteiger partial charge in [-0.05, 0) is 48.2 Å². The van der Waals surface area contributed by atoms with Crippen molar-refractivity contribution in [1.29, 1.82) is 0 Å². The first-order valence-corrected chi connectivity index (χ1v) is 6.66. The summed E-state index contributed by atoms with van der Waals surface area (Å²) in [7, 11) is 0. The normalized spacial score (nSPS) is 20.8. The summed E-state index contributed by atoms with van der Waals surface area (Å²) in [5.41, 5.74) is 7.94. The molecule has 0 aliphatic heterocycles. The Morgan fingerprint density at radius 1 is 1.10 bits per heavy atom. The third-order valence-corrected chi connectivity index (χ3v) is 3.99. The van der Waals surface area contributed by atoms with Crippen molar-refractivity contribution >= 4 is 5.69 Å². The molecule has 0 bridgehead atoms. The molecule has 3 N–H and O–H groups in total. The van der Waals surface area contributed by atoms with E-state index in [1.165, 1.54) is 12.1 Å². The third kappa shape index (κ3) is 2.06. The number of nitrogens with one attached hydrogen (secondary N) is 1. The Bertz CT molecular complexity index is 628. The molecule has 0 heterocycles. The van der Waals surface area contributed by atoms with E-state index in [4.69, 9.17) is 5.73 Å². The highest BCUT2D eigenvalue weighted by molar-refractivity contribution is 5.52. The summed E-state index contributed by atoms with van der Waals surface area (Å²) in [5.74, 6) is -1.62. The molecule has 0 fully saturated rings. The number of hydrogen-bond acceptors (Lipinski definition) is 2. The zero-order chi connectivity index (χ0) is 14.2. The molecular formula is C16H16F2N2. The van der Waals surface area contributed by atoms with E-state index in [2.05, 4.69) is 5.32 Å². The summed E-state index contributed by atoms with van der Waals surface area (Å²) in [6.07, 6.45) is 1.43. The fourth-order valence-corrected chi connectivity index (χ4v) is 2.91. The summed E-state index contributed by atoms with van der Waals surface area (Å²) < 4.78 is 26.9. The van der Waals surface area contributed by atoms with E-state index >= 15 is 0 Å². The average Bonchev–Trinajstić information content (AvgIpc) is 2.79. The van der Waals surface area contributed by atoms with Gasteiger partial charge in [-0.15, -0.1) is 0 Å². The zero-order valence-corrected chi connectivity index (χ0v) is 11.0. The second-order valence-corrected chi connectivity index (χ2v) is 5.20. The molecule has 4 heteroatoms. The predicted octanol–water partition coefficient (Wildman–Crippen LogP) is 3.18. The molecule has 0 saturated carbocycles. The molecule has 104 valence electrons. The van der Waals surface area contributed by atoms with Crippen molar-refractivity contribution < 1.29 is 8.78 Å². The molecule has 1 unspecified atom stereocenters. The molecule has 2 aromatic carbocycles. The summed E-state index contributed by atoms with van der Waals surface area (Å²) in [6, 6.07) is 12.2. The maximum atomic E-state index is 13.5. The topological polar surface area (TPSA) is 38.0 Å². The summed E-state index contributed by atoms with van der Waals surface area (Å²) in [5, 5.41) is 3.39. The highest BCUT2D eigenvalue weighted by Crippen LogP contribution is 2.39. The second kappa shape index (κ2) is 4.87. The van der Waals surface area contributed by atoms with Crippen LogP contribution in [-0.4, -0.2) is 6.54 Å². The smallest absolute Gasteiger partial charge is 0.159 e. The van der Waals surface area contributed by atoms with Gasteiger partial charge in [0.2, 0.25) is 0 Å². The van der Waals surface area contributed by atoms with Gasteiger partial charge in [0.05, 0.1) is 5.54 Å². The number of hydrogen-bond donors (Lipinski definition) is 2. The Morgan fingerprint density at radius 3 is 2.50 bits per heavy atom. The van der Waals surface area contributed by atoms with Gasteiger partial charge in [0.25, 0.3) is 0 Å². The Kier molecular flexibility index (Phi) is 3.18. The number of halogens is 2. The fourth-order valence-electron chi connectivity index (χ4n) is 2.91. The lowest BCUT2D eigenvalue weighted by Gasteiger charge is -2.31. The van der Waals surface area contributed by atoms with Gasteiger partial charge in [0, 0.05) is 12.2 Å². The summed E-state index contributed by atoms with van der Waals surface area (Å²) in [6.45, 7) is 0.333. The van der Waals surface area contributed by atoms with Crippen LogP contribution >= 0.6 is 0 Å². The first-order valence-electron chi connectivity index (χ1n) is 6.66. The first-order chi connectivity index (χ1) is 9.64. The molecule has 1 aliphatic rings. The van der Waals surface area contributed by atoms with Gasteiger partial charge in [-0.2, -0.15) is 0 Å². The van der Waals surface area contributed by atoms with E-state index < -0.39 is 17.2 Å². The van der Waals surface area contributed by atoms with Crippen LogP contribution in [-0.2, 0) is 12.0 Å². The van der Waals surface area contributed by atoms with Crippen LogP contribution in [0.2, 0.25) is 0 Å². The van der Waals surface area contributed by atoms with Crippen molar-refractivity contribution in [3.8, 4) is 0 Å². The Balaban J connectivity index is 2.03. The summed E-state index contributed by atoms with van der Waals surface area (Å²) >= 11 is 0. The minimum Gasteiger partial charge on any atom is -0.374 e. The monoisotopic (exact) mass is 274 g/mol. The van der Waals surface area contributed by atoms with Crippen LogP contribution in [0.15, 0.2) is 42.5 Å². The lowest BCUT2D eigenvalue weighted by molar-refractivity contribution is 0.484. The molecule has 2 aromatic rings. The largest absolute Gasteiger partial charge is 0.374 e. The van der Waals surface area contributed by atoms with Gasteiger partial charge in [-0.1, -0.05) is 18.2 Å². The SMILES string of the molecule is NCC1(Nc2ccccc2)CCc2cc(F)c(F)cc21. The molecular weight excluding hydrogens is 258 g/mol. The number of anilines is 1. The van der Waals surface area contributed by atoms with Crippen LogP contribution in [0.5, 0.6) is 0 Å². The minimum atomic E-state index is -0.821. The van der Waals surface area contributed by atoms with Crippen molar-refractivity contribution in [3.63, 3.8) is 0 Å². The lowest BCUT2D eigenvalue weighted by Crippen LogP contribution is -2.40. The van der Waals surface area contributed by atoms with E-state index in [1.807, 2.05) is 30.3 Å².